The molecule has 2 aromatic heterocycles. The van der Waals surface area contributed by atoms with Crippen LogP contribution in [0.15, 0.2) is 59.4 Å². The number of halogens is 1. The Labute approximate surface area is 748 Å². The number of imide groups is 1. The molecule has 2 aromatic carbocycles. The molecule has 39 heteroatoms. The average molecular weight is 1810 g/mol. The topological polar surface area (TPSA) is 519 Å². The summed E-state index contributed by atoms with van der Waals surface area (Å²) >= 11 is 0. The van der Waals surface area contributed by atoms with Gasteiger partial charge in [0.25, 0.3) is 29.2 Å². The minimum Gasteiger partial charge on any atom is -0.460 e. The lowest BCUT2D eigenvalue weighted by molar-refractivity contribution is -0.172. The van der Waals surface area contributed by atoms with Crippen LogP contribution in [-0.2, 0) is 116 Å². The van der Waals surface area contributed by atoms with Crippen LogP contribution in [0.3, 0.4) is 0 Å². The van der Waals surface area contributed by atoms with Crippen molar-refractivity contribution in [3.8, 4) is 11.4 Å². The van der Waals surface area contributed by atoms with Crippen LogP contribution in [0.4, 0.5) is 14.9 Å². The summed E-state index contributed by atoms with van der Waals surface area (Å²) in [6.07, 6.45) is 4.94. The highest BCUT2D eigenvalue weighted by molar-refractivity contribution is 6.13. The Kier molecular flexibility index (Phi) is 38.9. The number of nitrogens with one attached hydrogen (secondary N) is 11. The quantitative estimate of drug-likeness (QED) is 0.0107. The number of benzene rings is 2. The van der Waals surface area contributed by atoms with Crippen LogP contribution in [0.1, 0.15) is 236 Å². The number of nitrogens with zero attached hydrogens (tertiary/aromatic N) is 3. The van der Waals surface area contributed by atoms with Gasteiger partial charge in [-0.1, -0.05) is 27.7 Å². The van der Waals surface area contributed by atoms with Crippen molar-refractivity contribution >= 4 is 111 Å². The molecule has 38 nitrogen and oxygen atoms in total. The maximum atomic E-state index is 15.9. The van der Waals surface area contributed by atoms with E-state index in [-0.39, 0.29) is 177 Å². The van der Waals surface area contributed by atoms with Crippen molar-refractivity contribution in [1.82, 2.24) is 67.6 Å². The molecule has 3 aliphatic heterocycles. The Morgan fingerprint density at radius 3 is 1.69 bits per heavy atom. The van der Waals surface area contributed by atoms with E-state index in [2.05, 4.69) is 58.5 Å². The molecule has 0 fully saturated rings. The second-order valence-corrected chi connectivity index (χ2v) is 35.0. The second kappa shape index (κ2) is 48.3. The molecule has 12 N–H and O–H groups in total. The number of anilines is 1. The van der Waals surface area contributed by atoms with Gasteiger partial charge >= 0.3 is 29.9 Å². The van der Waals surface area contributed by atoms with Crippen LogP contribution in [-0.4, -0.2) is 227 Å². The van der Waals surface area contributed by atoms with Gasteiger partial charge in [-0.15, -0.1) is 0 Å². The van der Waals surface area contributed by atoms with Crippen molar-refractivity contribution in [2.75, 3.05) is 71.0 Å². The molecule has 0 spiro atoms. The minimum atomic E-state index is -2.05. The third-order valence-corrected chi connectivity index (χ3v) is 20.7. The smallest absolute Gasteiger partial charge is 0.343 e. The van der Waals surface area contributed by atoms with E-state index in [9.17, 15) is 86.6 Å². The normalized spacial score (nSPS) is 15.1. The highest BCUT2D eigenvalue weighted by atomic mass is 19.1. The number of pyridine rings is 2. The molecular weight excluding hydrogens is 1680 g/mol. The van der Waals surface area contributed by atoms with Gasteiger partial charge in [0, 0.05) is 104 Å². The van der Waals surface area contributed by atoms with Crippen LogP contribution >= 0.6 is 0 Å². The molecule has 7 rings (SSSR count). The van der Waals surface area contributed by atoms with E-state index in [4.69, 9.17) is 33.4 Å². The zero-order valence-corrected chi connectivity index (χ0v) is 76.0. The van der Waals surface area contributed by atoms with Crippen LogP contribution < -0.4 is 64.0 Å². The molecule has 3 aliphatic rings. The van der Waals surface area contributed by atoms with Gasteiger partial charge in [-0.25, -0.2) is 28.6 Å². The predicted octanol–water partition coefficient (Wildman–Crippen LogP) is 4.84. The van der Waals surface area contributed by atoms with Crippen molar-refractivity contribution < 1.29 is 115 Å². The molecule has 5 heterocycles. The fourth-order valence-corrected chi connectivity index (χ4v) is 14.1. The molecule has 0 radical (unpaired) electrons. The average Bonchev–Trinajstić information content (AvgIpc) is 1.56. The molecule has 6 atom stereocenters. The highest BCUT2D eigenvalue weighted by Gasteiger charge is 2.46. The van der Waals surface area contributed by atoms with Crippen LogP contribution in [0.5, 0.6) is 0 Å². The van der Waals surface area contributed by atoms with Gasteiger partial charge in [-0.3, -0.25) is 67.2 Å². The number of fused-ring (bicyclic) bond motifs is 5. The third-order valence-electron chi connectivity index (χ3n) is 20.7. The lowest BCUT2D eigenvalue weighted by Crippen LogP contribution is -2.58. The van der Waals surface area contributed by atoms with E-state index in [1.54, 1.807) is 89.2 Å². The van der Waals surface area contributed by atoms with Gasteiger partial charge in [-0.05, 0) is 194 Å². The lowest BCUT2D eigenvalue weighted by atomic mass is 9.86. The van der Waals surface area contributed by atoms with E-state index in [0.29, 0.717) is 77.6 Å². The van der Waals surface area contributed by atoms with E-state index in [1.165, 1.54) is 41.8 Å². The number of urea groups is 1. The predicted molar refractivity (Wildman–Crippen MR) is 468 cm³/mol. The summed E-state index contributed by atoms with van der Waals surface area (Å²) in [5.41, 5.74) is -2.18. The number of cyclic esters (lactones) is 1. The number of hydrogen-bond acceptors (Lipinski definition) is 25. The third kappa shape index (κ3) is 32.2. The first-order valence-electron chi connectivity index (χ1n) is 43.7. The second-order valence-electron chi connectivity index (χ2n) is 35.0. The van der Waals surface area contributed by atoms with E-state index < -0.39 is 154 Å². The molecule has 129 heavy (non-hydrogen) atoms. The maximum Gasteiger partial charge on any atom is 0.343 e. The summed E-state index contributed by atoms with van der Waals surface area (Å²) in [6, 6.07) is 3.13. The molecule has 706 valence electrons. The molecule has 0 saturated heterocycles. The van der Waals surface area contributed by atoms with Gasteiger partial charge in [0.15, 0.2) is 5.60 Å². The SMILES string of the molecule is CCc1c2c(nc3cc(F)c(NC(=O)CNC(=O)[C@H](C)NC(=O)[C@@H](NC(=O)[C@H](CCCCNC(=O)CCOCCOCCNC(=O)c4ccc(C(=O)NCCCCC(=O)NCCCC[C@H](NC(=O)N[C@@H](CCC(=O)OC(C)(C)C)C(=O)OC(C)(C)C)C(=O)OC(C)(C)C)cc4)NC(=O)CCCN4C(=O)C=CC4=O)C(C)C)cc13)-c1cc3c(c(=O)n1C2)COC(=O)[C@]3(O)CC. The van der Waals surface area contributed by atoms with Crippen LogP contribution in [0.25, 0.3) is 22.3 Å². The number of rotatable bonds is 49. The number of unbranched alkanes of at least 4 members (excludes halogenated alkanes) is 3. The Bertz CT molecular complexity index is 4840. The zero-order valence-electron chi connectivity index (χ0n) is 76.0. The number of hydrogen-bond donors (Lipinski definition) is 12. The van der Waals surface area contributed by atoms with Gasteiger partial charge in [0.2, 0.25) is 41.4 Å². The van der Waals surface area contributed by atoms with E-state index >= 15 is 4.39 Å². The first-order valence-corrected chi connectivity index (χ1v) is 43.7. The van der Waals surface area contributed by atoms with Crippen molar-refractivity contribution in [3.63, 3.8) is 0 Å². The Morgan fingerprint density at radius 2 is 1.11 bits per heavy atom. The number of aryl methyl sites for hydroxylation is 1. The summed E-state index contributed by atoms with van der Waals surface area (Å²) in [5, 5.41) is 40.9. The molecule has 0 saturated carbocycles. The van der Waals surface area contributed by atoms with Crippen molar-refractivity contribution in [2.45, 2.75) is 265 Å². The molecule has 0 aliphatic carbocycles. The summed E-state index contributed by atoms with van der Waals surface area (Å²) < 4.78 is 50.1. The highest BCUT2D eigenvalue weighted by Crippen LogP contribution is 2.41. The van der Waals surface area contributed by atoms with Gasteiger partial charge in [-0.2, -0.15) is 0 Å². The largest absolute Gasteiger partial charge is 0.460 e. The number of ether oxygens (including phenoxy) is 6. The number of amides is 13. The number of carbonyl (C=O) groups excluding carboxylic acids is 16. The van der Waals surface area contributed by atoms with Crippen molar-refractivity contribution in [2.24, 2.45) is 5.92 Å². The van der Waals surface area contributed by atoms with Crippen molar-refractivity contribution in [1.29, 1.82) is 0 Å². The van der Waals surface area contributed by atoms with Gasteiger partial charge in [0.05, 0.1) is 67.7 Å². The first-order chi connectivity index (χ1) is 60.8. The number of carbonyl (C=O) groups is 16. The number of aromatic nitrogens is 2. The molecular formula is C90H125FN14O24. The monoisotopic (exact) mass is 1800 g/mol. The van der Waals surface area contributed by atoms with Gasteiger partial charge < -0.3 is 96.6 Å². The Balaban J connectivity index is 0.755. The van der Waals surface area contributed by atoms with E-state index in [1.807, 2.05) is 6.92 Å². The van der Waals surface area contributed by atoms with E-state index in [0.717, 1.165) is 23.1 Å². The standard InChI is InChI=1S/C90H125FN14O24/c1-15-56-57-46-66(61(91)48-65(57)100-76-58(56)50-105-67(76)47-60-59(82(105)118)51-126-85(121)90(60,123)16-2)99-71(109)49-96-77(113)53(5)97-81(117)75(52(3)4)103-80(116)62(98-70(108)27-23-41-104-72(110)33-34-73(104)111)24-17-20-38-93-69(107)36-42-124-44-45-125-43-40-95-79(115)55-30-28-54(29-31-55)78(114)94-39-22-19-26-68(106)92-37-21-18-25-63(83(119)128-88(9,10)11)101-86(122)102-64(84(120)129-89(12,13)14)32-35-74(112)127-87(6,7)8/h28-31,33-34,46-48,52-53,62-64,75,123H,15-27,32,35-45,49-51H2,1-14H3,(H,92,106)(H,93,107)(H,94,114)(H,95,115)(H,96,113)(H,97,117)(H,98,108)(H,99,109)(H,103,116)(H2,101,102,122)/t53-,62-,63-,64-,75-,90-/m0/s1. The van der Waals surface area contributed by atoms with Crippen LogP contribution in [0.2, 0.25) is 0 Å². The summed E-state index contributed by atoms with van der Waals surface area (Å²) in [4.78, 5) is 228. The molecule has 0 bridgehead atoms. The summed E-state index contributed by atoms with van der Waals surface area (Å²) in [6.45, 7) is 23.6. The Morgan fingerprint density at radius 1 is 0.558 bits per heavy atom. The number of aliphatic hydroxyl groups is 1. The number of esters is 4. The molecule has 0 unspecified atom stereocenters. The first kappa shape index (κ1) is 104. The zero-order chi connectivity index (χ0) is 95.3. The van der Waals surface area contributed by atoms with Crippen LogP contribution in [0, 0.1) is 11.7 Å². The fraction of sp³-hybridized carbons (Fsp3) is 0.578. The lowest BCUT2D eigenvalue weighted by Gasteiger charge is -2.31. The fourth-order valence-electron chi connectivity index (χ4n) is 14.1. The summed E-state index contributed by atoms with van der Waals surface area (Å²) in [7, 11) is 0. The Hall–Kier alpha value is -12.1. The summed E-state index contributed by atoms with van der Waals surface area (Å²) in [5.74, 6) is -10.5. The maximum absolute atomic E-state index is 15.9. The van der Waals surface area contributed by atoms with Gasteiger partial charge in [0.1, 0.15) is 59.4 Å². The molecule has 13 amide bonds. The van der Waals surface area contributed by atoms with Crippen molar-refractivity contribution in [3.05, 3.63) is 104 Å². The molecule has 4 aromatic rings. The minimum absolute atomic E-state index is 0.00203.